The molecule has 1 saturated heterocycles. The van der Waals surface area contributed by atoms with Gasteiger partial charge in [-0.05, 0) is 51.6 Å². The topological polar surface area (TPSA) is 53.4 Å². The van der Waals surface area contributed by atoms with Crippen molar-refractivity contribution in [1.29, 1.82) is 0 Å². The smallest absolute Gasteiger partial charge is 0.248 e. The third kappa shape index (κ3) is 4.47. The fraction of sp³-hybridized carbons (Fsp3) is 0.500. The van der Waals surface area contributed by atoms with Crippen LogP contribution in [-0.2, 0) is 11.8 Å². The van der Waals surface area contributed by atoms with Crippen LogP contribution in [0.25, 0.3) is 11.0 Å². The highest BCUT2D eigenvalue weighted by Gasteiger charge is 2.23. The molecule has 1 fully saturated rings. The lowest BCUT2D eigenvalue weighted by Gasteiger charge is -2.29. The monoisotopic (exact) mass is 373 g/mol. The van der Waals surface area contributed by atoms with E-state index in [1.165, 1.54) is 0 Å². The summed E-state index contributed by atoms with van der Waals surface area (Å²) in [4.78, 5) is 20.8. The molecule has 1 N–H and O–H groups in total. The summed E-state index contributed by atoms with van der Waals surface area (Å²) in [5, 5.41) is 2.92. The standard InChI is InChI=1S/C20H28FN5O/c1-14-11-18-17(12-16(14)22-19(27)8-6-9-24(2)3)23-20(25(18)4)26-10-5-7-15(21)13-26/h6,8,11-12,15H,5,7,9-10,13H2,1-4H3,(H,22,27)/b8-6-. The number of amides is 1. The zero-order valence-electron chi connectivity index (χ0n) is 16.5. The number of hydrogen-bond acceptors (Lipinski definition) is 4. The van der Waals surface area contributed by atoms with Crippen LogP contribution in [0.4, 0.5) is 16.0 Å². The van der Waals surface area contributed by atoms with Crippen LogP contribution < -0.4 is 10.2 Å². The Balaban J connectivity index is 1.83. The van der Waals surface area contributed by atoms with Gasteiger partial charge in [-0.1, -0.05) is 6.08 Å². The van der Waals surface area contributed by atoms with Crippen molar-refractivity contribution in [3.63, 3.8) is 0 Å². The van der Waals surface area contributed by atoms with Crippen LogP contribution in [0.1, 0.15) is 18.4 Å². The molecular weight excluding hydrogens is 345 g/mol. The van der Waals surface area contributed by atoms with Crippen LogP contribution in [0, 0.1) is 6.92 Å². The summed E-state index contributed by atoms with van der Waals surface area (Å²) in [5.41, 5.74) is 3.48. The van der Waals surface area contributed by atoms with Gasteiger partial charge in [-0.2, -0.15) is 0 Å². The third-order valence-corrected chi connectivity index (χ3v) is 4.85. The summed E-state index contributed by atoms with van der Waals surface area (Å²) in [5.74, 6) is 0.618. The number of hydrogen-bond donors (Lipinski definition) is 1. The molecule has 1 aromatic carbocycles. The lowest BCUT2D eigenvalue weighted by atomic mass is 10.1. The summed E-state index contributed by atoms with van der Waals surface area (Å²) in [6.07, 6.45) is 4.03. The van der Waals surface area contributed by atoms with Gasteiger partial charge in [0.25, 0.3) is 0 Å². The Hall–Kier alpha value is -2.41. The number of likely N-dealkylation sites (N-methyl/N-ethyl adjacent to an activating group) is 1. The number of rotatable bonds is 5. The number of piperidine rings is 1. The van der Waals surface area contributed by atoms with Crippen LogP contribution >= 0.6 is 0 Å². The van der Waals surface area contributed by atoms with E-state index < -0.39 is 6.17 Å². The Morgan fingerprint density at radius 1 is 1.44 bits per heavy atom. The van der Waals surface area contributed by atoms with Gasteiger partial charge in [0.05, 0.1) is 17.6 Å². The van der Waals surface area contributed by atoms with Crippen molar-refractivity contribution in [2.24, 2.45) is 7.05 Å². The Labute approximate surface area is 159 Å². The van der Waals surface area contributed by atoms with E-state index in [1.54, 1.807) is 6.08 Å². The minimum Gasteiger partial charge on any atom is -0.339 e. The van der Waals surface area contributed by atoms with E-state index in [1.807, 2.05) is 60.6 Å². The maximum atomic E-state index is 13.8. The molecule has 1 aliphatic rings. The Morgan fingerprint density at radius 2 is 2.22 bits per heavy atom. The van der Waals surface area contributed by atoms with Gasteiger partial charge >= 0.3 is 0 Å². The molecule has 2 heterocycles. The molecule has 0 saturated carbocycles. The van der Waals surface area contributed by atoms with Gasteiger partial charge in [0.2, 0.25) is 11.9 Å². The predicted molar refractivity (Wildman–Crippen MR) is 108 cm³/mol. The predicted octanol–water partition coefficient (Wildman–Crippen LogP) is 2.88. The summed E-state index contributed by atoms with van der Waals surface area (Å²) in [7, 11) is 5.85. The third-order valence-electron chi connectivity index (χ3n) is 4.85. The van der Waals surface area contributed by atoms with Crippen LogP contribution in [0.2, 0.25) is 0 Å². The van der Waals surface area contributed by atoms with E-state index in [2.05, 4.69) is 5.32 Å². The Morgan fingerprint density at radius 3 is 2.93 bits per heavy atom. The lowest BCUT2D eigenvalue weighted by molar-refractivity contribution is -0.111. The molecule has 0 aliphatic carbocycles. The van der Waals surface area contributed by atoms with Crippen LogP contribution in [-0.4, -0.2) is 60.3 Å². The van der Waals surface area contributed by atoms with Gasteiger partial charge in [-0.3, -0.25) is 4.79 Å². The first-order valence-electron chi connectivity index (χ1n) is 9.33. The minimum absolute atomic E-state index is 0.160. The highest BCUT2D eigenvalue weighted by Crippen LogP contribution is 2.28. The van der Waals surface area contributed by atoms with Gasteiger partial charge in [-0.25, -0.2) is 9.37 Å². The molecule has 27 heavy (non-hydrogen) atoms. The number of halogens is 1. The van der Waals surface area contributed by atoms with Crippen LogP contribution in [0.15, 0.2) is 24.3 Å². The Bertz CT molecular complexity index is 858. The number of fused-ring (bicyclic) bond motifs is 1. The number of imidazole rings is 1. The van der Waals surface area contributed by atoms with Gasteiger partial charge in [0.15, 0.2) is 0 Å². The van der Waals surface area contributed by atoms with E-state index in [9.17, 15) is 9.18 Å². The first kappa shape index (κ1) is 19.4. The van der Waals surface area contributed by atoms with Gasteiger partial charge in [0, 0.05) is 31.9 Å². The number of aryl methyl sites for hydroxylation is 2. The van der Waals surface area contributed by atoms with Crippen molar-refractivity contribution in [2.75, 3.05) is 43.9 Å². The van der Waals surface area contributed by atoms with Crippen molar-refractivity contribution in [1.82, 2.24) is 14.5 Å². The number of nitrogens with one attached hydrogen (secondary N) is 1. The number of nitrogens with zero attached hydrogens (tertiary/aromatic N) is 4. The number of anilines is 2. The second-order valence-electron chi connectivity index (χ2n) is 7.47. The molecule has 1 aliphatic heterocycles. The quantitative estimate of drug-likeness (QED) is 0.819. The largest absolute Gasteiger partial charge is 0.339 e. The molecule has 1 unspecified atom stereocenters. The zero-order valence-corrected chi connectivity index (χ0v) is 16.5. The summed E-state index contributed by atoms with van der Waals surface area (Å²) in [6.45, 7) is 3.87. The van der Waals surface area contributed by atoms with Crippen molar-refractivity contribution in [3.8, 4) is 0 Å². The highest BCUT2D eigenvalue weighted by molar-refractivity contribution is 6.01. The van der Waals surface area contributed by atoms with Gasteiger partial charge in [0.1, 0.15) is 6.17 Å². The normalized spacial score (nSPS) is 18.0. The average molecular weight is 373 g/mol. The minimum atomic E-state index is -0.802. The Kier molecular flexibility index (Phi) is 5.79. The second-order valence-corrected chi connectivity index (χ2v) is 7.47. The van der Waals surface area contributed by atoms with E-state index >= 15 is 0 Å². The SMILES string of the molecule is Cc1cc2c(cc1NC(=O)/C=C\CN(C)C)nc(N1CCCC(F)C1)n2C. The summed E-state index contributed by atoms with van der Waals surface area (Å²) in [6, 6.07) is 3.91. The van der Waals surface area contributed by atoms with Crippen LogP contribution in [0.5, 0.6) is 0 Å². The number of carbonyl (C=O) groups is 1. The van der Waals surface area contributed by atoms with Crippen molar-refractivity contribution in [2.45, 2.75) is 25.9 Å². The van der Waals surface area contributed by atoms with Gasteiger partial charge in [-0.15, -0.1) is 0 Å². The average Bonchev–Trinajstić information content (AvgIpc) is 2.91. The lowest BCUT2D eigenvalue weighted by Crippen LogP contribution is -2.37. The van der Waals surface area contributed by atoms with Crippen LogP contribution in [0.3, 0.4) is 0 Å². The zero-order chi connectivity index (χ0) is 19.6. The van der Waals surface area contributed by atoms with Gasteiger partial charge < -0.3 is 19.7 Å². The van der Waals surface area contributed by atoms with Crippen molar-refractivity contribution < 1.29 is 9.18 Å². The molecule has 3 rings (SSSR count). The van der Waals surface area contributed by atoms with E-state index in [0.29, 0.717) is 19.5 Å². The molecule has 1 atom stereocenters. The fourth-order valence-electron chi connectivity index (χ4n) is 3.40. The molecule has 2 aromatic rings. The second kappa shape index (κ2) is 8.08. The van der Waals surface area contributed by atoms with E-state index in [-0.39, 0.29) is 5.91 Å². The highest BCUT2D eigenvalue weighted by atomic mass is 19.1. The number of carbonyl (C=O) groups excluding carboxylic acids is 1. The molecule has 7 heteroatoms. The number of aromatic nitrogens is 2. The molecular formula is C20H28FN5O. The first-order chi connectivity index (χ1) is 12.8. The molecule has 1 aromatic heterocycles. The fourth-order valence-corrected chi connectivity index (χ4v) is 3.40. The molecule has 1 amide bonds. The van der Waals surface area contributed by atoms with E-state index in [0.717, 1.165) is 41.2 Å². The maximum Gasteiger partial charge on any atom is 0.248 e. The molecule has 0 bridgehead atoms. The molecule has 6 nitrogen and oxygen atoms in total. The van der Waals surface area contributed by atoms with E-state index in [4.69, 9.17) is 4.98 Å². The van der Waals surface area contributed by atoms with Crippen molar-refractivity contribution in [3.05, 3.63) is 29.8 Å². The summed E-state index contributed by atoms with van der Waals surface area (Å²) < 4.78 is 15.8. The number of alkyl halides is 1. The molecule has 0 spiro atoms. The molecule has 146 valence electrons. The first-order valence-corrected chi connectivity index (χ1v) is 9.33. The number of benzene rings is 1. The molecule has 0 radical (unpaired) electrons. The maximum absolute atomic E-state index is 13.8. The van der Waals surface area contributed by atoms with Crippen molar-refractivity contribution >= 4 is 28.6 Å². The summed E-state index contributed by atoms with van der Waals surface area (Å²) >= 11 is 0.